The molecule has 1 aliphatic rings. The van der Waals surface area contributed by atoms with Gasteiger partial charge >= 0.3 is 0 Å². The fraction of sp³-hybridized carbons (Fsp3) is 0.174. The Morgan fingerprint density at radius 1 is 1.30 bits per heavy atom. The summed E-state index contributed by atoms with van der Waals surface area (Å²) < 4.78 is 24.3. The van der Waals surface area contributed by atoms with Crippen molar-refractivity contribution >= 4 is 52.2 Å². The minimum Gasteiger partial charge on any atom is -0.490 e. The molecule has 0 aromatic heterocycles. The molecule has 3 rings (SSSR count). The van der Waals surface area contributed by atoms with Crippen molar-refractivity contribution in [3.63, 3.8) is 0 Å². The Morgan fingerprint density at radius 2 is 2.09 bits per heavy atom. The summed E-state index contributed by atoms with van der Waals surface area (Å²) in [6.07, 6.45) is 6.69. The number of imide groups is 1. The number of carbonyl (C=O) groups excluding carboxylic acids is 3. The minimum absolute atomic E-state index is 0.00425. The van der Waals surface area contributed by atoms with E-state index in [1.54, 1.807) is 19.1 Å². The minimum atomic E-state index is -0.638. The Kier molecular flexibility index (Phi) is 7.98. The van der Waals surface area contributed by atoms with Crippen LogP contribution in [0.15, 0.2) is 41.3 Å². The third-order valence-electron chi connectivity index (χ3n) is 4.21. The van der Waals surface area contributed by atoms with Crippen molar-refractivity contribution in [3.8, 4) is 23.8 Å². The quantitative estimate of drug-likeness (QED) is 0.433. The number of anilines is 1. The van der Waals surface area contributed by atoms with Gasteiger partial charge in [-0.15, -0.1) is 6.42 Å². The average molecular weight is 489 g/mol. The molecule has 0 aliphatic carbocycles. The summed E-state index contributed by atoms with van der Waals surface area (Å²) in [5.41, 5.74) is 0.707. The van der Waals surface area contributed by atoms with Gasteiger partial charge in [0.05, 0.1) is 16.5 Å². The van der Waals surface area contributed by atoms with Gasteiger partial charge in [-0.2, -0.15) is 0 Å². The first-order valence-corrected chi connectivity index (χ1v) is 10.8. The zero-order valence-corrected chi connectivity index (χ0v) is 19.0. The van der Waals surface area contributed by atoms with Gasteiger partial charge in [0.1, 0.15) is 19.0 Å². The first kappa shape index (κ1) is 24.2. The van der Waals surface area contributed by atoms with E-state index in [-0.39, 0.29) is 28.0 Å². The molecular formula is C23H18ClFN2O5S. The molecule has 0 radical (unpaired) electrons. The van der Waals surface area contributed by atoms with E-state index < -0.39 is 29.4 Å². The summed E-state index contributed by atoms with van der Waals surface area (Å²) in [6, 6.07) is 8.42. The number of carbonyl (C=O) groups is 3. The van der Waals surface area contributed by atoms with Crippen LogP contribution in [0.3, 0.4) is 0 Å². The van der Waals surface area contributed by atoms with Crippen LogP contribution in [0.2, 0.25) is 5.02 Å². The van der Waals surface area contributed by atoms with E-state index >= 15 is 0 Å². The standard InChI is InChI=1S/C23H18ClFN2O5S/c1-3-8-32-21-17(24)9-14(10-18(21)31-4-2)11-19-22(29)27(23(30)33-19)13-20(28)26-16-7-5-6-15(25)12-16/h1,5-7,9-12H,4,8,13H2,2H3,(H,26,28)/b19-11+. The number of amides is 3. The molecular weight excluding hydrogens is 471 g/mol. The maximum Gasteiger partial charge on any atom is 0.294 e. The van der Waals surface area contributed by atoms with Gasteiger partial charge in [-0.25, -0.2) is 4.39 Å². The van der Waals surface area contributed by atoms with Crippen molar-refractivity contribution in [3.05, 3.63) is 57.7 Å². The van der Waals surface area contributed by atoms with Gasteiger partial charge in [0, 0.05) is 5.69 Å². The second-order valence-electron chi connectivity index (χ2n) is 6.58. The Bertz CT molecular complexity index is 1180. The third-order valence-corrected chi connectivity index (χ3v) is 5.40. The number of rotatable bonds is 8. The topological polar surface area (TPSA) is 84.9 Å². The van der Waals surface area contributed by atoms with Gasteiger partial charge in [-0.05, 0) is 60.7 Å². The summed E-state index contributed by atoms with van der Waals surface area (Å²) in [4.78, 5) is 38.2. The highest BCUT2D eigenvalue weighted by Crippen LogP contribution is 2.39. The van der Waals surface area contributed by atoms with Crippen molar-refractivity contribution in [1.82, 2.24) is 4.90 Å². The Balaban J connectivity index is 1.77. The summed E-state index contributed by atoms with van der Waals surface area (Å²) >= 11 is 6.98. The molecule has 1 aliphatic heterocycles. The van der Waals surface area contributed by atoms with Crippen LogP contribution >= 0.6 is 23.4 Å². The number of nitrogens with one attached hydrogen (secondary N) is 1. The number of hydrogen-bond acceptors (Lipinski definition) is 6. The lowest BCUT2D eigenvalue weighted by atomic mass is 10.1. The van der Waals surface area contributed by atoms with E-state index in [0.717, 1.165) is 11.0 Å². The molecule has 1 N–H and O–H groups in total. The fourth-order valence-electron chi connectivity index (χ4n) is 2.89. The predicted molar refractivity (Wildman–Crippen MR) is 125 cm³/mol. The second kappa shape index (κ2) is 10.9. The molecule has 0 saturated carbocycles. The smallest absolute Gasteiger partial charge is 0.294 e. The molecule has 33 heavy (non-hydrogen) atoms. The van der Waals surface area contributed by atoms with Crippen molar-refractivity contribution in [2.24, 2.45) is 0 Å². The number of ether oxygens (including phenoxy) is 2. The highest BCUT2D eigenvalue weighted by Gasteiger charge is 2.36. The number of halogens is 2. The molecule has 2 aromatic rings. The van der Waals surface area contributed by atoms with E-state index in [0.29, 0.717) is 29.7 Å². The van der Waals surface area contributed by atoms with Gasteiger partial charge < -0.3 is 14.8 Å². The summed E-state index contributed by atoms with van der Waals surface area (Å²) in [6.45, 7) is 1.60. The van der Waals surface area contributed by atoms with Crippen molar-refractivity contribution in [2.75, 3.05) is 25.1 Å². The summed E-state index contributed by atoms with van der Waals surface area (Å²) in [5, 5.41) is 2.06. The number of terminal acetylenes is 1. The molecule has 0 spiro atoms. The highest BCUT2D eigenvalue weighted by molar-refractivity contribution is 8.18. The predicted octanol–water partition coefficient (Wildman–Crippen LogP) is 4.56. The lowest BCUT2D eigenvalue weighted by Crippen LogP contribution is -2.36. The molecule has 3 amide bonds. The van der Waals surface area contributed by atoms with Gasteiger partial charge in [0.25, 0.3) is 11.1 Å². The highest BCUT2D eigenvalue weighted by atomic mass is 35.5. The van der Waals surface area contributed by atoms with Crippen molar-refractivity contribution < 1.29 is 28.2 Å². The molecule has 10 heteroatoms. The molecule has 0 atom stereocenters. The van der Waals surface area contributed by atoms with E-state index in [2.05, 4.69) is 11.2 Å². The van der Waals surface area contributed by atoms with Crippen LogP contribution in [0.5, 0.6) is 11.5 Å². The van der Waals surface area contributed by atoms with Crippen molar-refractivity contribution in [2.45, 2.75) is 6.92 Å². The molecule has 1 fully saturated rings. The summed E-state index contributed by atoms with van der Waals surface area (Å²) in [5.74, 6) is 1.15. The SMILES string of the molecule is C#CCOc1c(Cl)cc(/C=C2/SC(=O)N(CC(=O)Nc3cccc(F)c3)C2=O)cc1OCC. The molecule has 170 valence electrons. The van der Waals surface area contributed by atoms with Crippen LogP contribution in [-0.4, -0.2) is 41.7 Å². The third kappa shape index (κ3) is 6.06. The van der Waals surface area contributed by atoms with E-state index in [1.807, 2.05) is 0 Å². The Morgan fingerprint density at radius 3 is 2.79 bits per heavy atom. The second-order valence-corrected chi connectivity index (χ2v) is 7.98. The number of thioether (sulfide) groups is 1. The van der Waals surface area contributed by atoms with Gasteiger partial charge in [0.2, 0.25) is 5.91 Å². The van der Waals surface area contributed by atoms with Gasteiger partial charge in [0.15, 0.2) is 11.5 Å². The number of benzene rings is 2. The Labute approximate surface area is 198 Å². The van der Waals surface area contributed by atoms with E-state index in [1.165, 1.54) is 24.3 Å². The maximum atomic E-state index is 13.3. The average Bonchev–Trinajstić information content (AvgIpc) is 3.00. The molecule has 7 nitrogen and oxygen atoms in total. The number of hydrogen-bond donors (Lipinski definition) is 1. The van der Waals surface area contributed by atoms with Crippen LogP contribution in [0.25, 0.3) is 6.08 Å². The normalized spacial score (nSPS) is 14.4. The first-order valence-electron chi connectivity index (χ1n) is 9.65. The zero-order valence-electron chi connectivity index (χ0n) is 17.4. The fourth-order valence-corrected chi connectivity index (χ4v) is 4.00. The van der Waals surface area contributed by atoms with Crippen LogP contribution in [0.1, 0.15) is 12.5 Å². The van der Waals surface area contributed by atoms with Crippen LogP contribution < -0.4 is 14.8 Å². The molecule has 1 heterocycles. The van der Waals surface area contributed by atoms with Crippen molar-refractivity contribution in [1.29, 1.82) is 0 Å². The monoisotopic (exact) mass is 488 g/mol. The van der Waals surface area contributed by atoms with Crippen LogP contribution in [0.4, 0.5) is 14.9 Å². The van der Waals surface area contributed by atoms with Gasteiger partial charge in [-0.1, -0.05) is 23.6 Å². The molecule has 2 aromatic carbocycles. The molecule has 1 saturated heterocycles. The summed E-state index contributed by atoms with van der Waals surface area (Å²) in [7, 11) is 0. The lowest BCUT2D eigenvalue weighted by molar-refractivity contribution is -0.127. The van der Waals surface area contributed by atoms with Crippen LogP contribution in [0, 0.1) is 18.2 Å². The Hall–Kier alpha value is -3.48. The van der Waals surface area contributed by atoms with Gasteiger partial charge in [-0.3, -0.25) is 19.3 Å². The number of nitrogens with zero attached hydrogens (tertiary/aromatic N) is 1. The lowest BCUT2D eigenvalue weighted by Gasteiger charge is -2.13. The first-order chi connectivity index (χ1) is 15.8. The largest absolute Gasteiger partial charge is 0.490 e. The van der Waals surface area contributed by atoms with Crippen LogP contribution in [-0.2, 0) is 9.59 Å². The molecule has 0 bridgehead atoms. The van der Waals surface area contributed by atoms with E-state index in [9.17, 15) is 18.8 Å². The molecule has 0 unspecified atom stereocenters. The van der Waals surface area contributed by atoms with E-state index in [4.69, 9.17) is 27.5 Å². The zero-order chi connectivity index (χ0) is 24.0. The maximum absolute atomic E-state index is 13.3.